The normalized spacial score (nSPS) is 12.1. The highest BCUT2D eigenvalue weighted by molar-refractivity contribution is 5.65. The van der Waals surface area contributed by atoms with Gasteiger partial charge in [-0.05, 0) is 18.2 Å². The van der Waals surface area contributed by atoms with Crippen LogP contribution < -0.4 is 4.74 Å². The number of carbonyl (C=O) groups is 1. The van der Waals surface area contributed by atoms with Crippen molar-refractivity contribution in [2.24, 2.45) is 0 Å². The highest BCUT2D eigenvalue weighted by Crippen LogP contribution is 2.27. The maximum atomic E-state index is 11.2. The van der Waals surface area contributed by atoms with E-state index in [1.165, 1.54) is 0 Å². The molecule has 0 aliphatic carbocycles. The van der Waals surface area contributed by atoms with E-state index in [9.17, 15) is 4.79 Å². The maximum absolute atomic E-state index is 11.2. The van der Waals surface area contributed by atoms with Crippen molar-refractivity contribution in [2.75, 3.05) is 7.11 Å². The zero-order chi connectivity index (χ0) is 12.1. The lowest BCUT2D eigenvalue weighted by Crippen LogP contribution is -2.05. The summed E-state index contributed by atoms with van der Waals surface area (Å²) in [6, 6.07) is 11.2. The Balaban J connectivity index is 2.25. The molecular weight excluding hydrogens is 216 g/mol. The van der Waals surface area contributed by atoms with Gasteiger partial charge in [0.05, 0.1) is 19.3 Å². The molecule has 1 heterocycles. The largest absolute Gasteiger partial charge is 0.496 e. The average Bonchev–Trinajstić information content (AvgIpc) is 2.89. The van der Waals surface area contributed by atoms with Gasteiger partial charge < -0.3 is 13.9 Å². The van der Waals surface area contributed by atoms with Gasteiger partial charge in [0.25, 0.3) is 0 Å². The lowest BCUT2D eigenvalue weighted by Gasteiger charge is -2.13. The molecule has 1 atom stereocenters. The third-order valence-electron chi connectivity index (χ3n) is 2.70. The maximum Gasteiger partial charge on any atom is 0.128 e. The summed E-state index contributed by atoms with van der Waals surface area (Å²) >= 11 is 0. The summed E-state index contributed by atoms with van der Waals surface area (Å²) in [6.45, 7) is 0. The number of methoxy groups -OCH3 is 1. The fourth-order valence-corrected chi connectivity index (χ4v) is 1.85. The first kappa shape index (κ1) is 11.5. The zero-order valence-corrected chi connectivity index (χ0v) is 9.63. The van der Waals surface area contributed by atoms with Gasteiger partial charge in [-0.15, -0.1) is 0 Å². The molecule has 0 bridgehead atoms. The van der Waals surface area contributed by atoms with Gasteiger partial charge in [-0.25, -0.2) is 0 Å². The fraction of sp³-hybridized carbons (Fsp3) is 0.214. The Morgan fingerprint density at radius 2 is 2.12 bits per heavy atom. The molecule has 0 aliphatic rings. The lowest BCUT2D eigenvalue weighted by atomic mass is 9.95. The van der Waals surface area contributed by atoms with E-state index < -0.39 is 0 Å². The van der Waals surface area contributed by atoms with Crippen molar-refractivity contribution in [1.29, 1.82) is 0 Å². The zero-order valence-electron chi connectivity index (χ0n) is 9.63. The fourth-order valence-electron chi connectivity index (χ4n) is 1.85. The molecule has 0 saturated carbocycles. The molecule has 0 N–H and O–H groups in total. The van der Waals surface area contributed by atoms with Gasteiger partial charge in [-0.1, -0.05) is 18.2 Å². The second kappa shape index (κ2) is 5.34. The molecule has 2 rings (SSSR count). The van der Waals surface area contributed by atoms with E-state index in [1.807, 2.05) is 36.4 Å². The predicted octanol–water partition coefficient (Wildman–Crippen LogP) is 2.81. The first-order valence-corrected chi connectivity index (χ1v) is 5.45. The van der Waals surface area contributed by atoms with E-state index in [-0.39, 0.29) is 5.92 Å². The first-order chi connectivity index (χ1) is 8.35. The minimum Gasteiger partial charge on any atom is -0.496 e. The second-order valence-corrected chi connectivity index (χ2v) is 3.77. The summed E-state index contributed by atoms with van der Waals surface area (Å²) in [5, 5.41) is 0. The van der Waals surface area contributed by atoms with Crippen LogP contribution in [0.15, 0.2) is 47.1 Å². The summed E-state index contributed by atoms with van der Waals surface area (Å²) in [7, 11) is 1.60. The van der Waals surface area contributed by atoms with Crippen LogP contribution in [0.4, 0.5) is 0 Å². The molecule has 0 spiro atoms. The van der Waals surface area contributed by atoms with Gasteiger partial charge >= 0.3 is 0 Å². The van der Waals surface area contributed by atoms with Crippen LogP contribution in [0, 0.1) is 0 Å². The van der Waals surface area contributed by atoms with Crippen LogP contribution >= 0.6 is 0 Å². The third kappa shape index (κ3) is 2.56. The molecule has 0 aliphatic heterocycles. The molecule has 3 nitrogen and oxygen atoms in total. The van der Waals surface area contributed by atoms with Gasteiger partial charge in [0.2, 0.25) is 0 Å². The van der Waals surface area contributed by atoms with Crippen molar-refractivity contribution in [3.05, 3.63) is 54.0 Å². The topological polar surface area (TPSA) is 39.4 Å². The number of furan rings is 1. The Kier molecular flexibility index (Phi) is 3.60. The van der Waals surface area contributed by atoms with Gasteiger partial charge in [-0.2, -0.15) is 0 Å². The molecule has 88 valence electrons. The molecule has 0 amide bonds. The van der Waals surface area contributed by atoms with Crippen LogP contribution in [0.25, 0.3) is 0 Å². The van der Waals surface area contributed by atoms with Gasteiger partial charge in [-0.3, -0.25) is 0 Å². The van der Waals surface area contributed by atoms with Gasteiger partial charge in [0, 0.05) is 12.0 Å². The molecule has 1 aromatic carbocycles. The molecule has 3 heteroatoms. The number of ether oxygens (including phenoxy) is 1. The van der Waals surface area contributed by atoms with Crippen LogP contribution in [0.3, 0.4) is 0 Å². The third-order valence-corrected chi connectivity index (χ3v) is 2.70. The number of rotatable bonds is 5. The summed E-state index contributed by atoms with van der Waals surface area (Å²) in [4.78, 5) is 11.2. The first-order valence-electron chi connectivity index (χ1n) is 5.45. The van der Waals surface area contributed by atoms with Gasteiger partial charge in [0.1, 0.15) is 17.8 Å². The minimum absolute atomic E-state index is 0.239. The SMILES string of the molecule is COc1ccccc1C(C=O)Cc1ccco1. The Labute approximate surface area is 100 Å². The summed E-state index contributed by atoms with van der Waals surface area (Å²) in [5.74, 6) is 1.29. The predicted molar refractivity (Wildman–Crippen MR) is 64.2 cm³/mol. The van der Waals surface area contributed by atoms with Crippen LogP contribution in [0.1, 0.15) is 17.2 Å². The van der Waals surface area contributed by atoms with Crippen molar-refractivity contribution >= 4 is 6.29 Å². The number of benzene rings is 1. The molecule has 1 unspecified atom stereocenters. The van der Waals surface area contributed by atoms with E-state index in [1.54, 1.807) is 13.4 Å². The smallest absolute Gasteiger partial charge is 0.128 e. The molecule has 0 saturated heterocycles. The summed E-state index contributed by atoms with van der Waals surface area (Å²) in [6.07, 6.45) is 3.09. The van der Waals surface area contributed by atoms with E-state index >= 15 is 0 Å². The van der Waals surface area contributed by atoms with Crippen LogP contribution in [0.2, 0.25) is 0 Å². The molecule has 0 fully saturated rings. The number of para-hydroxylation sites is 1. The molecule has 0 radical (unpaired) electrons. The van der Waals surface area contributed by atoms with Crippen molar-refractivity contribution in [2.45, 2.75) is 12.3 Å². The average molecular weight is 230 g/mol. The van der Waals surface area contributed by atoms with Gasteiger partial charge in [0.15, 0.2) is 0 Å². The standard InChI is InChI=1S/C14H14O3/c1-16-14-7-3-2-6-13(14)11(10-15)9-12-5-4-8-17-12/h2-8,10-11H,9H2,1H3. The van der Waals surface area contributed by atoms with E-state index in [4.69, 9.17) is 9.15 Å². The quantitative estimate of drug-likeness (QED) is 0.741. The monoisotopic (exact) mass is 230 g/mol. The van der Waals surface area contributed by atoms with Crippen molar-refractivity contribution < 1.29 is 13.9 Å². The Hall–Kier alpha value is -2.03. The Morgan fingerprint density at radius 3 is 2.76 bits per heavy atom. The van der Waals surface area contributed by atoms with E-state index in [0.717, 1.165) is 23.4 Å². The molecule has 1 aromatic heterocycles. The number of aldehydes is 1. The molecular formula is C14H14O3. The summed E-state index contributed by atoms with van der Waals surface area (Å²) < 4.78 is 10.5. The van der Waals surface area contributed by atoms with Crippen molar-refractivity contribution in [3.63, 3.8) is 0 Å². The van der Waals surface area contributed by atoms with E-state index in [2.05, 4.69) is 0 Å². The second-order valence-electron chi connectivity index (χ2n) is 3.77. The Morgan fingerprint density at radius 1 is 1.29 bits per heavy atom. The molecule has 2 aromatic rings. The number of hydrogen-bond acceptors (Lipinski definition) is 3. The minimum atomic E-state index is -0.239. The number of carbonyl (C=O) groups excluding carboxylic acids is 1. The van der Waals surface area contributed by atoms with E-state index in [0.29, 0.717) is 6.42 Å². The lowest BCUT2D eigenvalue weighted by molar-refractivity contribution is -0.109. The Bertz CT molecular complexity index is 474. The van der Waals surface area contributed by atoms with Crippen molar-refractivity contribution in [1.82, 2.24) is 0 Å². The highest BCUT2D eigenvalue weighted by atomic mass is 16.5. The van der Waals surface area contributed by atoms with Crippen LogP contribution in [0.5, 0.6) is 5.75 Å². The van der Waals surface area contributed by atoms with Crippen LogP contribution in [-0.2, 0) is 11.2 Å². The summed E-state index contributed by atoms with van der Waals surface area (Å²) in [5.41, 5.74) is 0.890. The highest BCUT2D eigenvalue weighted by Gasteiger charge is 2.16. The molecule has 17 heavy (non-hydrogen) atoms. The van der Waals surface area contributed by atoms with Crippen molar-refractivity contribution in [3.8, 4) is 5.75 Å². The van der Waals surface area contributed by atoms with Crippen LogP contribution in [-0.4, -0.2) is 13.4 Å². The number of hydrogen-bond donors (Lipinski definition) is 0.